The van der Waals surface area contributed by atoms with Gasteiger partial charge in [0.2, 0.25) is 5.91 Å². The molecule has 0 saturated carbocycles. The Bertz CT molecular complexity index is 509. The zero-order valence-corrected chi connectivity index (χ0v) is 11.8. The molecule has 3 nitrogen and oxygen atoms in total. The van der Waals surface area contributed by atoms with Crippen LogP contribution in [0, 0.1) is 5.92 Å². The van der Waals surface area contributed by atoms with Crippen LogP contribution < -0.4 is 10.6 Å². The highest BCUT2D eigenvalue weighted by Gasteiger charge is 2.25. The van der Waals surface area contributed by atoms with Crippen molar-refractivity contribution in [2.45, 2.75) is 31.7 Å². The molecule has 0 radical (unpaired) electrons. The summed E-state index contributed by atoms with van der Waals surface area (Å²) in [6.45, 7) is 1.67. The smallest absolute Gasteiger partial charge is 0.241 e. The molecule has 1 aliphatic heterocycles. The van der Waals surface area contributed by atoms with Gasteiger partial charge in [0.1, 0.15) is 6.04 Å². The van der Waals surface area contributed by atoms with Crippen LogP contribution in [-0.4, -0.2) is 19.0 Å². The third-order valence-electron chi connectivity index (χ3n) is 4.31. The normalized spacial score (nSPS) is 25.0. The van der Waals surface area contributed by atoms with Crippen molar-refractivity contribution in [3.05, 3.63) is 47.5 Å². The van der Waals surface area contributed by atoms with Crippen LogP contribution >= 0.6 is 0 Å². The van der Waals surface area contributed by atoms with Crippen molar-refractivity contribution in [2.24, 2.45) is 5.92 Å². The van der Waals surface area contributed by atoms with E-state index in [4.69, 9.17) is 0 Å². The van der Waals surface area contributed by atoms with E-state index < -0.39 is 0 Å². The summed E-state index contributed by atoms with van der Waals surface area (Å²) in [4.78, 5) is 12.4. The number of carbonyl (C=O) groups excluding carboxylic acids is 1. The molecule has 1 aromatic rings. The molecule has 0 aromatic heterocycles. The molecule has 2 aliphatic rings. The molecule has 2 unspecified atom stereocenters. The summed E-state index contributed by atoms with van der Waals surface area (Å²) < 4.78 is 0. The van der Waals surface area contributed by atoms with Crippen LogP contribution in [0.5, 0.6) is 0 Å². The lowest BCUT2D eigenvalue weighted by Gasteiger charge is -2.27. The fourth-order valence-corrected chi connectivity index (χ4v) is 3.13. The minimum Gasteiger partial charge on any atom is -0.354 e. The summed E-state index contributed by atoms with van der Waals surface area (Å²) in [7, 11) is 0. The number of hydrogen-bond acceptors (Lipinski definition) is 2. The van der Waals surface area contributed by atoms with Crippen molar-refractivity contribution in [1.82, 2.24) is 10.6 Å². The molecule has 3 heteroatoms. The zero-order chi connectivity index (χ0) is 13.8. The van der Waals surface area contributed by atoms with Crippen LogP contribution in [0.4, 0.5) is 0 Å². The molecule has 1 amide bonds. The fraction of sp³-hybridized carbons (Fsp3) is 0.471. The van der Waals surface area contributed by atoms with Crippen molar-refractivity contribution < 1.29 is 4.79 Å². The number of fused-ring (bicyclic) bond motifs is 1. The first-order valence-electron chi connectivity index (χ1n) is 7.58. The molecule has 20 heavy (non-hydrogen) atoms. The van der Waals surface area contributed by atoms with E-state index in [9.17, 15) is 4.79 Å². The first-order chi connectivity index (χ1) is 9.84. The Labute approximate surface area is 120 Å². The first kappa shape index (κ1) is 13.4. The van der Waals surface area contributed by atoms with Gasteiger partial charge in [-0.05, 0) is 42.7 Å². The summed E-state index contributed by atoms with van der Waals surface area (Å²) in [6.07, 6.45) is 8.89. The molecule has 3 rings (SSSR count). The van der Waals surface area contributed by atoms with E-state index in [2.05, 4.69) is 34.9 Å². The van der Waals surface area contributed by atoms with E-state index in [1.54, 1.807) is 0 Å². The van der Waals surface area contributed by atoms with E-state index >= 15 is 0 Å². The first-order valence-corrected chi connectivity index (χ1v) is 7.58. The summed E-state index contributed by atoms with van der Waals surface area (Å²) in [5.41, 5.74) is 2.44. The van der Waals surface area contributed by atoms with Crippen LogP contribution in [0.3, 0.4) is 0 Å². The van der Waals surface area contributed by atoms with E-state index in [-0.39, 0.29) is 11.9 Å². The quantitative estimate of drug-likeness (QED) is 0.828. The predicted octanol–water partition coefficient (Wildman–Crippen LogP) is 2.35. The number of benzene rings is 1. The van der Waals surface area contributed by atoms with E-state index in [1.165, 1.54) is 12.0 Å². The van der Waals surface area contributed by atoms with Crippen LogP contribution in [0.2, 0.25) is 0 Å². The fourth-order valence-electron chi connectivity index (χ4n) is 3.13. The number of allylic oxidation sites excluding steroid dienone is 2. The molecule has 1 aliphatic carbocycles. The molecule has 106 valence electrons. The van der Waals surface area contributed by atoms with Gasteiger partial charge < -0.3 is 10.6 Å². The third kappa shape index (κ3) is 2.93. The zero-order valence-electron chi connectivity index (χ0n) is 11.8. The molecular weight excluding hydrogens is 248 g/mol. The Morgan fingerprint density at radius 1 is 1.30 bits per heavy atom. The maximum Gasteiger partial charge on any atom is 0.241 e. The standard InChI is InChI=1S/C17H22N2O/c20-17(19-12-13-6-2-1-3-7-13)16-15-9-5-4-8-14(15)10-11-18-16/h1-2,4-5,8-9,13,16,18H,3,6-7,10-12H2,(H,19,20). The Morgan fingerprint density at radius 2 is 2.20 bits per heavy atom. The van der Waals surface area contributed by atoms with E-state index in [0.29, 0.717) is 5.92 Å². The monoisotopic (exact) mass is 270 g/mol. The summed E-state index contributed by atoms with van der Waals surface area (Å²) in [6, 6.07) is 8.07. The lowest BCUT2D eigenvalue weighted by atomic mass is 9.92. The second-order valence-corrected chi connectivity index (χ2v) is 5.73. The Morgan fingerprint density at radius 3 is 3.05 bits per heavy atom. The van der Waals surface area contributed by atoms with Gasteiger partial charge in [0.15, 0.2) is 0 Å². The number of nitrogens with one attached hydrogen (secondary N) is 2. The second kappa shape index (κ2) is 6.23. The third-order valence-corrected chi connectivity index (χ3v) is 4.31. The van der Waals surface area contributed by atoms with Gasteiger partial charge in [-0.15, -0.1) is 0 Å². The van der Waals surface area contributed by atoms with Gasteiger partial charge >= 0.3 is 0 Å². The van der Waals surface area contributed by atoms with Crippen LogP contribution in [-0.2, 0) is 11.2 Å². The van der Waals surface area contributed by atoms with Crippen molar-refractivity contribution in [3.63, 3.8) is 0 Å². The van der Waals surface area contributed by atoms with Crippen LogP contribution in [0.15, 0.2) is 36.4 Å². The second-order valence-electron chi connectivity index (χ2n) is 5.73. The molecule has 0 spiro atoms. The van der Waals surface area contributed by atoms with Crippen LogP contribution in [0.1, 0.15) is 36.4 Å². The van der Waals surface area contributed by atoms with E-state index in [1.807, 2.05) is 12.1 Å². The SMILES string of the molecule is O=C(NCC1CC=CCC1)C1NCCc2ccccc21. The molecule has 2 N–H and O–H groups in total. The topological polar surface area (TPSA) is 41.1 Å². The van der Waals surface area contributed by atoms with Crippen molar-refractivity contribution >= 4 is 5.91 Å². The maximum absolute atomic E-state index is 12.4. The van der Waals surface area contributed by atoms with Gasteiger partial charge in [-0.3, -0.25) is 4.79 Å². The van der Waals surface area contributed by atoms with Crippen molar-refractivity contribution in [1.29, 1.82) is 0 Å². The van der Waals surface area contributed by atoms with Crippen molar-refractivity contribution in [2.75, 3.05) is 13.1 Å². The number of rotatable bonds is 3. The largest absolute Gasteiger partial charge is 0.354 e. The number of hydrogen-bond donors (Lipinski definition) is 2. The minimum atomic E-state index is -0.181. The van der Waals surface area contributed by atoms with Gasteiger partial charge in [0, 0.05) is 13.1 Å². The van der Waals surface area contributed by atoms with Gasteiger partial charge in [0.25, 0.3) is 0 Å². The predicted molar refractivity (Wildman–Crippen MR) is 80.4 cm³/mol. The molecule has 0 bridgehead atoms. The molecule has 1 heterocycles. The highest BCUT2D eigenvalue weighted by atomic mass is 16.2. The highest BCUT2D eigenvalue weighted by molar-refractivity contribution is 5.83. The van der Waals surface area contributed by atoms with Gasteiger partial charge in [-0.1, -0.05) is 36.4 Å². The maximum atomic E-state index is 12.4. The average Bonchev–Trinajstić information content (AvgIpc) is 2.53. The number of amides is 1. The highest BCUT2D eigenvalue weighted by Crippen LogP contribution is 2.23. The van der Waals surface area contributed by atoms with Gasteiger partial charge in [-0.25, -0.2) is 0 Å². The molecular formula is C17H22N2O. The Kier molecular flexibility index (Phi) is 4.16. The number of carbonyl (C=O) groups is 1. The van der Waals surface area contributed by atoms with Crippen molar-refractivity contribution in [3.8, 4) is 0 Å². The van der Waals surface area contributed by atoms with Gasteiger partial charge in [-0.2, -0.15) is 0 Å². The van der Waals surface area contributed by atoms with E-state index in [0.717, 1.165) is 37.9 Å². The minimum absolute atomic E-state index is 0.117. The molecule has 0 saturated heterocycles. The lowest BCUT2D eigenvalue weighted by molar-refractivity contribution is -0.123. The average molecular weight is 270 g/mol. The van der Waals surface area contributed by atoms with Gasteiger partial charge in [0.05, 0.1) is 0 Å². The Balaban J connectivity index is 1.61. The lowest BCUT2D eigenvalue weighted by Crippen LogP contribution is -2.42. The summed E-state index contributed by atoms with van der Waals surface area (Å²) in [5.74, 6) is 0.717. The van der Waals surface area contributed by atoms with Crippen LogP contribution in [0.25, 0.3) is 0 Å². The Hall–Kier alpha value is -1.61. The molecule has 0 fully saturated rings. The molecule has 1 aromatic carbocycles. The summed E-state index contributed by atoms with van der Waals surface area (Å²) in [5, 5.41) is 6.46. The molecule has 2 atom stereocenters. The summed E-state index contributed by atoms with van der Waals surface area (Å²) >= 11 is 0.